The van der Waals surface area contributed by atoms with Crippen LogP contribution in [0.5, 0.6) is 0 Å². The number of rotatable bonds is 7. The van der Waals surface area contributed by atoms with E-state index in [1.54, 1.807) is 20.1 Å². The highest BCUT2D eigenvalue weighted by Crippen LogP contribution is 2.17. The van der Waals surface area contributed by atoms with E-state index in [1.165, 1.54) is 11.8 Å². The molecule has 7 nitrogen and oxygen atoms in total. The topological polar surface area (TPSA) is 101 Å². The van der Waals surface area contributed by atoms with Gasteiger partial charge in [-0.15, -0.1) is 11.8 Å². The molecule has 1 aromatic heterocycles. The maximum atomic E-state index is 12.1. The Balaban J connectivity index is 2.60. The second-order valence-electron chi connectivity index (χ2n) is 4.22. The van der Waals surface area contributed by atoms with Gasteiger partial charge in [-0.05, 0) is 26.5 Å². The van der Waals surface area contributed by atoms with Crippen LogP contribution < -0.4 is 11.0 Å². The summed E-state index contributed by atoms with van der Waals surface area (Å²) in [6.07, 6.45) is 2.50. The van der Waals surface area contributed by atoms with Crippen molar-refractivity contribution in [2.75, 3.05) is 19.4 Å². The summed E-state index contributed by atoms with van der Waals surface area (Å²) in [5.41, 5.74) is 0.358. The maximum Gasteiger partial charge on any atom is 0.346 e. The average molecular weight is 313 g/mol. The Morgan fingerprint density at radius 3 is 2.76 bits per heavy atom. The van der Waals surface area contributed by atoms with Gasteiger partial charge in [-0.1, -0.05) is 0 Å². The van der Waals surface area contributed by atoms with Crippen molar-refractivity contribution in [2.24, 2.45) is 0 Å². The standard InChI is InChI=1S/C13H19N3O4S/c1-4-20-9(17)6-5-7-14-11(18)10-8(2)15-13(19)16-12(10)21-3/h4-7H2,1-3H3,(H,14,18)(H,15,16,19). The molecule has 116 valence electrons. The molecule has 1 heterocycles. The van der Waals surface area contributed by atoms with Crippen LogP contribution in [0.3, 0.4) is 0 Å². The summed E-state index contributed by atoms with van der Waals surface area (Å²) >= 11 is 1.24. The first-order valence-electron chi connectivity index (χ1n) is 6.58. The van der Waals surface area contributed by atoms with Crippen LogP contribution in [0, 0.1) is 6.92 Å². The van der Waals surface area contributed by atoms with Crippen molar-refractivity contribution in [1.82, 2.24) is 15.3 Å². The largest absolute Gasteiger partial charge is 0.466 e. The molecule has 0 saturated heterocycles. The van der Waals surface area contributed by atoms with E-state index < -0.39 is 5.69 Å². The van der Waals surface area contributed by atoms with E-state index in [2.05, 4.69) is 15.3 Å². The number of ether oxygens (including phenoxy) is 1. The number of carbonyl (C=O) groups is 2. The average Bonchev–Trinajstić information content (AvgIpc) is 2.42. The highest BCUT2D eigenvalue weighted by atomic mass is 32.2. The fraction of sp³-hybridized carbons (Fsp3) is 0.538. The summed E-state index contributed by atoms with van der Waals surface area (Å²) in [7, 11) is 0. The molecule has 0 atom stereocenters. The smallest absolute Gasteiger partial charge is 0.346 e. The summed E-state index contributed by atoms with van der Waals surface area (Å²) in [6.45, 7) is 4.10. The molecule has 0 aliphatic heterocycles. The van der Waals surface area contributed by atoms with E-state index >= 15 is 0 Å². The summed E-state index contributed by atoms with van der Waals surface area (Å²) in [5, 5.41) is 3.10. The Kier molecular flexibility index (Phi) is 6.93. The molecule has 1 rings (SSSR count). The van der Waals surface area contributed by atoms with Crippen molar-refractivity contribution in [2.45, 2.75) is 31.7 Å². The number of aromatic nitrogens is 2. The third-order valence-corrected chi connectivity index (χ3v) is 3.34. The summed E-state index contributed by atoms with van der Waals surface area (Å²) in [4.78, 5) is 40.8. The first-order valence-corrected chi connectivity index (χ1v) is 7.80. The van der Waals surface area contributed by atoms with E-state index in [9.17, 15) is 14.4 Å². The SMILES string of the molecule is CCOC(=O)CCCNC(=O)c1c(SC)nc(=O)[nH]c1C. The number of thioether (sulfide) groups is 1. The molecule has 21 heavy (non-hydrogen) atoms. The number of esters is 1. The minimum absolute atomic E-state index is 0.256. The first kappa shape index (κ1) is 17.2. The van der Waals surface area contributed by atoms with Gasteiger partial charge in [0.25, 0.3) is 5.91 Å². The summed E-state index contributed by atoms with van der Waals surface area (Å²) in [6, 6.07) is 0. The molecule has 8 heteroatoms. The third kappa shape index (κ3) is 5.22. The highest BCUT2D eigenvalue weighted by molar-refractivity contribution is 7.98. The lowest BCUT2D eigenvalue weighted by Crippen LogP contribution is -2.29. The van der Waals surface area contributed by atoms with Gasteiger partial charge in [-0.25, -0.2) is 4.79 Å². The monoisotopic (exact) mass is 313 g/mol. The second kappa shape index (κ2) is 8.46. The number of carbonyl (C=O) groups excluding carboxylic acids is 2. The third-order valence-electron chi connectivity index (χ3n) is 2.66. The fourth-order valence-electron chi connectivity index (χ4n) is 1.73. The number of nitrogens with zero attached hydrogens (tertiary/aromatic N) is 1. The van der Waals surface area contributed by atoms with E-state index in [1.807, 2.05) is 0 Å². The molecule has 0 unspecified atom stereocenters. The molecular formula is C13H19N3O4S. The van der Waals surface area contributed by atoms with E-state index in [0.717, 1.165) is 0 Å². The lowest BCUT2D eigenvalue weighted by Gasteiger charge is -2.10. The van der Waals surface area contributed by atoms with E-state index in [4.69, 9.17) is 4.74 Å². The van der Waals surface area contributed by atoms with Gasteiger partial charge in [0.1, 0.15) is 5.03 Å². The van der Waals surface area contributed by atoms with Crippen molar-refractivity contribution >= 4 is 23.6 Å². The van der Waals surface area contributed by atoms with Gasteiger partial charge in [0.2, 0.25) is 0 Å². The molecule has 0 aliphatic carbocycles. The number of aromatic amines is 1. The van der Waals surface area contributed by atoms with Gasteiger partial charge < -0.3 is 15.0 Å². The van der Waals surface area contributed by atoms with Crippen LogP contribution in [0.15, 0.2) is 9.82 Å². The molecule has 1 amide bonds. The molecule has 1 aromatic rings. The lowest BCUT2D eigenvalue weighted by molar-refractivity contribution is -0.143. The van der Waals surface area contributed by atoms with E-state index in [0.29, 0.717) is 35.9 Å². The molecule has 0 saturated carbocycles. The van der Waals surface area contributed by atoms with Gasteiger partial charge in [0.15, 0.2) is 0 Å². The Hall–Kier alpha value is -1.83. The minimum Gasteiger partial charge on any atom is -0.466 e. The van der Waals surface area contributed by atoms with Crippen molar-refractivity contribution < 1.29 is 14.3 Å². The molecule has 0 radical (unpaired) electrons. The number of H-pyrrole nitrogens is 1. The predicted molar refractivity (Wildman–Crippen MR) is 79.6 cm³/mol. The highest BCUT2D eigenvalue weighted by Gasteiger charge is 2.16. The quantitative estimate of drug-likeness (QED) is 0.335. The van der Waals surface area contributed by atoms with Crippen LogP contribution in [0.2, 0.25) is 0 Å². The maximum absolute atomic E-state index is 12.1. The number of nitrogens with one attached hydrogen (secondary N) is 2. The molecule has 2 N–H and O–H groups in total. The second-order valence-corrected chi connectivity index (χ2v) is 5.01. The van der Waals surface area contributed by atoms with Crippen molar-refractivity contribution in [3.63, 3.8) is 0 Å². The number of aryl methyl sites for hydroxylation is 1. The normalized spacial score (nSPS) is 10.2. The van der Waals surface area contributed by atoms with Gasteiger partial charge in [-0.3, -0.25) is 9.59 Å². The zero-order chi connectivity index (χ0) is 15.8. The van der Waals surface area contributed by atoms with Crippen molar-refractivity contribution in [3.05, 3.63) is 21.7 Å². The lowest BCUT2D eigenvalue weighted by atomic mass is 10.2. The first-order chi connectivity index (χ1) is 9.99. The van der Waals surface area contributed by atoms with Crippen LogP contribution in [0.25, 0.3) is 0 Å². The Labute approximate surface area is 126 Å². The predicted octanol–water partition coefficient (Wildman–Crippen LogP) is 0.873. The Morgan fingerprint density at radius 2 is 2.14 bits per heavy atom. The minimum atomic E-state index is -0.476. The number of hydrogen-bond donors (Lipinski definition) is 2. The summed E-state index contributed by atoms with van der Waals surface area (Å²) in [5.74, 6) is -0.595. The van der Waals surface area contributed by atoms with Crippen molar-refractivity contribution in [3.8, 4) is 0 Å². The van der Waals surface area contributed by atoms with Gasteiger partial charge in [0.05, 0.1) is 12.2 Å². The molecule has 0 aliphatic rings. The molecule has 0 bridgehead atoms. The van der Waals surface area contributed by atoms with Crippen molar-refractivity contribution in [1.29, 1.82) is 0 Å². The zero-order valence-electron chi connectivity index (χ0n) is 12.3. The number of amides is 1. The molecule has 0 spiro atoms. The van der Waals surface area contributed by atoms with Gasteiger partial charge >= 0.3 is 11.7 Å². The van der Waals surface area contributed by atoms with E-state index in [-0.39, 0.29) is 18.3 Å². The fourth-order valence-corrected chi connectivity index (χ4v) is 2.35. The van der Waals surface area contributed by atoms with Crippen LogP contribution in [0.4, 0.5) is 0 Å². The Morgan fingerprint density at radius 1 is 1.43 bits per heavy atom. The Bertz CT molecular complexity index is 571. The molecular weight excluding hydrogens is 294 g/mol. The van der Waals surface area contributed by atoms with Crippen LogP contribution >= 0.6 is 11.8 Å². The van der Waals surface area contributed by atoms with Gasteiger partial charge in [0, 0.05) is 18.7 Å². The van der Waals surface area contributed by atoms with Crippen LogP contribution in [0.1, 0.15) is 35.8 Å². The number of hydrogen-bond acceptors (Lipinski definition) is 6. The zero-order valence-corrected chi connectivity index (χ0v) is 13.1. The van der Waals surface area contributed by atoms with Gasteiger partial charge in [-0.2, -0.15) is 4.98 Å². The molecule has 0 fully saturated rings. The summed E-state index contributed by atoms with van der Waals surface area (Å²) < 4.78 is 4.80. The molecule has 0 aromatic carbocycles. The van der Waals surface area contributed by atoms with Crippen LogP contribution in [-0.2, 0) is 9.53 Å². The van der Waals surface area contributed by atoms with Crippen LogP contribution in [-0.4, -0.2) is 41.3 Å².